The zero-order valence-electron chi connectivity index (χ0n) is 14.8. The standard InChI is InChI=1S/C22H18N2O3/c1-14-5-6-21(20(24)7-14)27-13-16-9-18(11-19(10-16)22(25)26)17-4-2-3-15(8-17)12-23/h2-11H,13,24H2,1H3,(H,25,26). The molecule has 5 nitrogen and oxygen atoms in total. The highest BCUT2D eigenvalue weighted by Gasteiger charge is 2.10. The van der Waals surface area contributed by atoms with Crippen LogP contribution in [0.2, 0.25) is 0 Å². The van der Waals surface area contributed by atoms with Crippen molar-refractivity contribution in [2.45, 2.75) is 13.5 Å². The van der Waals surface area contributed by atoms with Crippen molar-refractivity contribution < 1.29 is 14.6 Å². The van der Waals surface area contributed by atoms with Crippen molar-refractivity contribution in [2.24, 2.45) is 0 Å². The van der Waals surface area contributed by atoms with Crippen LogP contribution in [0.3, 0.4) is 0 Å². The van der Waals surface area contributed by atoms with Gasteiger partial charge in [-0.15, -0.1) is 0 Å². The number of nitriles is 1. The van der Waals surface area contributed by atoms with Crippen LogP contribution in [-0.2, 0) is 6.61 Å². The minimum Gasteiger partial charge on any atom is -0.487 e. The summed E-state index contributed by atoms with van der Waals surface area (Å²) in [6, 6.07) is 19.7. The van der Waals surface area contributed by atoms with Crippen LogP contribution < -0.4 is 10.5 Å². The van der Waals surface area contributed by atoms with Gasteiger partial charge in [-0.25, -0.2) is 4.79 Å². The van der Waals surface area contributed by atoms with Crippen LogP contribution in [0.25, 0.3) is 11.1 Å². The van der Waals surface area contributed by atoms with E-state index in [4.69, 9.17) is 15.7 Å². The summed E-state index contributed by atoms with van der Waals surface area (Å²) in [6.45, 7) is 2.12. The fourth-order valence-corrected chi connectivity index (χ4v) is 2.79. The number of carboxylic acids is 1. The molecule has 0 unspecified atom stereocenters. The van der Waals surface area contributed by atoms with Crippen LogP contribution >= 0.6 is 0 Å². The first-order valence-corrected chi connectivity index (χ1v) is 8.33. The molecule has 0 aliphatic heterocycles. The first-order chi connectivity index (χ1) is 13.0. The Hall–Kier alpha value is -3.78. The lowest BCUT2D eigenvalue weighted by Gasteiger charge is -2.12. The number of nitrogens with two attached hydrogens (primary N) is 1. The van der Waals surface area contributed by atoms with Gasteiger partial charge in [0.1, 0.15) is 12.4 Å². The summed E-state index contributed by atoms with van der Waals surface area (Å²) in [4.78, 5) is 11.5. The maximum Gasteiger partial charge on any atom is 0.335 e. The van der Waals surface area contributed by atoms with Crippen molar-refractivity contribution in [1.29, 1.82) is 5.26 Å². The number of carbonyl (C=O) groups is 1. The second-order valence-corrected chi connectivity index (χ2v) is 6.25. The fraction of sp³-hybridized carbons (Fsp3) is 0.0909. The molecular weight excluding hydrogens is 340 g/mol. The first-order valence-electron chi connectivity index (χ1n) is 8.33. The van der Waals surface area contributed by atoms with Gasteiger partial charge >= 0.3 is 5.97 Å². The van der Waals surface area contributed by atoms with E-state index in [1.54, 1.807) is 36.4 Å². The molecule has 0 saturated heterocycles. The molecule has 3 aromatic carbocycles. The molecule has 134 valence electrons. The number of hydrogen-bond donors (Lipinski definition) is 2. The first kappa shape index (κ1) is 18.0. The third-order valence-electron chi connectivity index (χ3n) is 4.12. The quantitative estimate of drug-likeness (QED) is 0.659. The lowest BCUT2D eigenvalue weighted by atomic mass is 9.98. The van der Waals surface area contributed by atoms with Gasteiger partial charge in [0.15, 0.2) is 0 Å². The Balaban J connectivity index is 1.94. The molecule has 0 aliphatic carbocycles. The number of ether oxygens (including phenoxy) is 1. The van der Waals surface area contributed by atoms with E-state index < -0.39 is 5.97 Å². The Morgan fingerprint density at radius 2 is 1.93 bits per heavy atom. The van der Waals surface area contributed by atoms with E-state index in [1.165, 1.54) is 0 Å². The monoisotopic (exact) mass is 358 g/mol. The number of benzene rings is 3. The lowest BCUT2D eigenvalue weighted by Crippen LogP contribution is -2.03. The molecule has 3 aromatic rings. The van der Waals surface area contributed by atoms with Gasteiger partial charge in [-0.1, -0.05) is 18.2 Å². The topological polar surface area (TPSA) is 96.3 Å². The van der Waals surface area contributed by atoms with Gasteiger partial charge in [-0.2, -0.15) is 5.26 Å². The minimum atomic E-state index is -1.02. The van der Waals surface area contributed by atoms with Crippen LogP contribution in [0.15, 0.2) is 60.7 Å². The Morgan fingerprint density at radius 1 is 1.11 bits per heavy atom. The maximum atomic E-state index is 11.5. The molecule has 27 heavy (non-hydrogen) atoms. The van der Waals surface area contributed by atoms with Crippen LogP contribution in [0.4, 0.5) is 5.69 Å². The second-order valence-electron chi connectivity index (χ2n) is 6.25. The lowest BCUT2D eigenvalue weighted by molar-refractivity contribution is 0.0696. The maximum absolute atomic E-state index is 11.5. The van der Waals surface area contributed by atoms with Crippen molar-refractivity contribution >= 4 is 11.7 Å². The van der Waals surface area contributed by atoms with E-state index in [9.17, 15) is 9.90 Å². The average Bonchev–Trinajstić information content (AvgIpc) is 2.67. The molecule has 5 heteroatoms. The predicted octanol–water partition coefficient (Wildman–Crippen LogP) is 4.39. The van der Waals surface area contributed by atoms with Crippen LogP contribution in [0.1, 0.15) is 27.0 Å². The molecule has 0 saturated carbocycles. The summed E-state index contributed by atoms with van der Waals surface area (Å²) in [7, 11) is 0. The molecule has 0 aromatic heterocycles. The molecule has 0 atom stereocenters. The number of aryl methyl sites for hydroxylation is 1. The van der Waals surface area contributed by atoms with Gasteiger partial charge < -0.3 is 15.6 Å². The van der Waals surface area contributed by atoms with Gasteiger partial charge in [0, 0.05) is 0 Å². The van der Waals surface area contributed by atoms with Crippen LogP contribution in [0.5, 0.6) is 5.75 Å². The normalized spacial score (nSPS) is 10.2. The summed E-state index contributed by atoms with van der Waals surface area (Å²) >= 11 is 0. The van der Waals surface area contributed by atoms with Crippen LogP contribution in [0, 0.1) is 18.3 Å². The van der Waals surface area contributed by atoms with Gasteiger partial charge in [0.05, 0.1) is 22.9 Å². The van der Waals surface area contributed by atoms with Crippen LogP contribution in [-0.4, -0.2) is 11.1 Å². The number of nitrogens with zero attached hydrogens (tertiary/aromatic N) is 1. The zero-order valence-corrected chi connectivity index (χ0v) is 14.8. The number of aromatic carboxylic acids is 1. The smallest absolute Gasteiger partial charge is 0.335 e. The number of anilines is 1. The summed E-state index contributed by atoms with van der Waals surface area (Å²) < 4.78 is 5.78. The summed E-state index contributed by atoms with van der Waals surface area (Å²) in [6.07, 6.45) is 0. The molecule has 0 radical (unpaired) electrons. The van der Waals surface area contributed by atoms with Gasteiger partial charge in [-0.05, 0) is 71.6 Å². The number of hydrogen-bond acceptors (Lipinski definition) is 4. The van der Waals surface area contributed by atoms with E-state index in [0.717, 1.165) is 11.1 Å². The van der Waals surface area contributed by atoms with Gasteiger partial charge in [-0.3, -0.25) is 0 Å². The Bertz CT molecular complexity index is 1050. The average molecular weight is 358 g/mol. The third-order valence-corrected chi connectivity index (χ3v) is 4.12. The molecule has 0 fully saturated rings. The highest BCUT2D eigenvalue weighted by Crippen LogP contribution is 2.26. The van der Waals surface area contributed by atoms with E-state index >= 15 is 0 Å². The van der Waals surface area contributed by atoms with E-state index in [1.807, 2.05) is 31.2 Å². The number of nitrogen functional groups attached to an aromatic ring is 1. The molecule has 3 N–H and O–H groups in total. The Morgan fingerprint density at radius 3 is 2.63 bits per heavy atom. The Labute approximate surface area is 157 Å². The van der Waals surface area contributed by atoms with Crippen molar-refractivity contribution in [3.05, 3.63) is 82.9 Å². The highest BCUT2D eigenvalue weighted by molar-refractivity contribution is 5.90. The summed E-state index contributed by atoms with van der Waals surface area (Å²) in [5.41, 5.74) is 10.4. The van der Waals surface area contributed by atoms with Crippen molar-refractivity contribution in [3.63, 3.8) is 0 Å². The van der Waals surface area contributed by atoms with Gasteiger partial charge in [0.25, 0.3) is 0 Å². The molecule has 0 aliphatic rings. The molecule has 3 rings (SSSR count). The van der Waals surface area contributed by atoms with E-state index in [0.29, 0.717) is 28.1 Å². The molecule has 0 bridgehead atoms. The second kappa shape index (κ2) is 7.63. The fourth-order valence-electron chi connectivity index (χ4n) is 2.79. The molecule has 0 heterocycles. The van der Waals surface area contributed by atoms with Crippen molar-refractivity contribution in [1.82, 2.24) is 0 Å². The van der Waals surface area contributed by atoms with E-state index in [2.05, 4.69) is 6.07 Å². The largest absolute Gasteiger partial charge is 0.487 e. The predicted molar refractivity (Wildman–Crippen MR) is 103 cm³/mol. The third kappa shape index (κ3) is 4.25. The molecular formula is C22H18N2O3. The van der Waals surface area contributed by atoms with Gasteiger partial charge in [0.2, 0.25) is 0 Å². The minimum absolute atomic E-state index is 0.158. The molecule has 0 spiro atoms. The zero-order chi connectivity index (χ0) is 19.4. The Kier molecular flexibility index (Phi) is 5.09. The number of rotatable bonds is 5. The summed E-state index contributed by atoms with van der Waals surface area (Å²) in [5, 5.41) is 18.5. The van der Waals surface area contributed by atoms with Crippen molar-refractivity contribution in [3.8, 4) is 22.9 Å². The number of carboxylic acid groups (broad SMARTS) is 1. The SMILES string of the molecule is Cc1ccc(OCc2cc(C(=O)O)cc(-c3cccc(C#N)c3)c2)c(N)c1. The highest BCUT2D eigenvalue weighted by atomic mass is 16.5. The summed E-state index contributed by atoms with van der Waals surface area (Å²) in [5.74, 6) is -0.473. The molecule has 0 amide bonds. The van der Waals surface area contributed by atoms with Crippen molar-refractivity contribution in [2.75, 3.05) is 5.73 Å². The van der Waals surface area contributed by atoms with E-state index in [-0.39, 0.29) is 12.2 Å².